The lowest BCUT2D eigenvalue weighted by atomic mass is 9.92. The van der Waals surface area contributed by atoms with E-state index in [2.05, 4.69) is 24.2 Å². The zero-order valence-corrected chi connectivity index (χ0v) is 9.88. The molecule has 86 valence electrons. The van der Waals surface area contributed by atoms with Crippen LogP contribution in [-0.2, 0) is 0 Å². The van der Waals surface area contributed by atoms with Crippen LogP contribution in [0, 0.1) is 0 Å². The number of nitrogens with two attached hydrogens (primary N) is 1. The number of benzene rings is 2. The molecule has 1 unspecified atom stereocenters. The second kappa shape index (κ2) is 5.30. The Balaban J connectivity index is 2.33. The molecule has 0 aromatic heterocycles. The van der Waals surface area contributed by atoms with Gasteiger partial charge in [-0.25, -0.2) is 0 Å². The lowest BCUT2D eigenvalue weighted by molar-refractivity contribution is 1.000. The van der Waals surface area contributed by atoms with Crippen molar-refractivity contribution in [2.24, 2.45) is 10.9 Å². The predicted octanol–water partition coefficient (Wildman–Crippen LogP) is 3.15. The summed E-state index contributed by atoms with van der Waals surface area (Å²) < 4.78 is 0. The Bertz CT molecular complexity index is 489. The molecule has 0 radical (unpaired) electrons. The SMILES string of the molecule is CC(C(=NN)c1ccccc1)c1ccccc1. The number of rotatable bonds is 3. The van der Waals surface area contributed by atoms with E-state index in [1.165, 1.54) is 5.56 Å². The Morgan fingerprint density at radius 2 is 1.47 bits per heavy atom. The smallest absolute Gasteiger partial charge is 0.0744 e. The van der Waals surface area contributed by atoms with Crippen LogP contribution in [0.4, 0.5) is 0 Å². The second-order valence-corrected chi connectivity index (χ2v) is 4.01. The number of nitrogens with zero attached hydrogens (tertiary/aromatic N) is 1. The monoisotopic (exact) mass is 224 g/mol. The van der Waals surface area contributed by atoms with Gasteiger partial charge in [0.15, 0.2) is 0 Å². The molecule has 0 saturated carbocycles. The van der Waals surface area contributed by atoms with Gasteiger partial charge in [-0.05, 0) is 11.1 Å². The molecule has 2 rings (SSSR count). The standard InChI is InChI=1S/C15H16N2/c1-12(13-8-4-2-5-9-13)15(17-16)14-10-6-3-7-11-14/h2-12H,16H2,1H3. The van der Waals surface area contributed by atoms with Crippen LogP contribution in [0.1, 0.15) is 24.0 Å². The molecule has 0 heterocycles. The molecule has 0 aliphatic rings. The van der Waals surface area contributed by atoms with Crippen molar-refractivity contribution < 1.29 is 0 Å². The highest BCUT2D eigenvalue weighted by Gasteiger charge is 2.14. The molecule has 0 saturated heterocycles. The lowest BCUT2D eigenvalue weighted by Gasteiger charge is -2.14. The fraction of sp³-hybridized carbons (Fsp3) is 0.133. The number of hydrogen-bond acceptors (Lipinski definition) is 2. The van der Waals surface area contributed by atoms with Gasteiger partial charge in [0.2, 0.25) is 0 Å². The van der Waals surface area contributed by atoms with Crippen molar-refractivity contribution in [3.8, 4) is 0 Å². The molecule has 1 atom stereocenters. The van der Waals surface area contributed by atoms with Gasteiger partial charge in [-0.2, -0.15) is 5.10 Å². The summed E-state index contributed by atoms with van der Waals surface area (Å²) in [6.07, 6.45) is 0. The molecule has 0 aliphatic heterocycles. The third kappa shape index (κ3) is 2.53. The Labute approximate surface area is 102 Å². The first-order valence-corrected chi connectivity index (χ1v) is 5.71. The molecule has 2 aromatic rings. The summed E-state index contributed by atoms with van der Waals surface area (Å²) in [5.74, 6) is 5.73. The summed E-state index contributed by atoms with van der Waals surface area (Å²) in [7, 11) is 0. The predicted molar refractivity (Wildman–Crippen MR) is 72.0 cm³/mol. The van der Waals surface area contributed by atoms with Crippen molar-refractivity contribution in [3.63, 3.8) is 0 Å². The Kier molecular flexibility index (Phi) is 3.55. The molecule has 0 aliphatic carbocycles. The zero-order chi connectivity index (χ0) is 12.1. The first-order chi connectivity index (χ1) is 8.33. The van der Waals surface area contributed by atoms with E-state index in [-0.39, 0.29) is 5.92 Å². The van der Waals surface area contributed by atoms with Crippen LogP contribution in [0.25, 0.3) is 0 Å². The van der Waals surface area contributed by atoms with Crippen molar-refractivity contribution in [3.05, 3.63) is 71.8 Å². The molecule has 2 N–H and O–H groups in total. The third-order valence-corrected chi connectivity index (χ3v) is 2.92. The van der Waals surface area contributed by atoms with Crippen molar-refractivity contribution in [2.45, 2.75) is 12.8 Å². The molecule has 2 nitrogen and oxygen atoms in total. The van der Waals surface area contributed by atoms with Crippen LogP contribution >= 0.6 is 0 Å². The third-order valence-electron chi connectivity index (χ3n) is 2.92. The van der Waals surface area contributed by atoms with E-state index >= 15 is 0 Å². The molecule has 0 fully saturated rings. The van der Waals surface area contributed by atoms with Gasteiger partial charge in [0, 0.05) is 5.92 Å². The van der Waals surface area contributed by atoms with Gasteiger partial charge < -0.3 is 5.84 Å². The van der Waals surface area contributed by atoms with Gasteiger partial charge in [0.1, 0.15) is 0 Å². The minimum Gasteiger partial charge on any atom is -0.323 e. The Morgan fingerprint density at radius 3 is 2.00 bits per heavy atom. The first-order valence-electron chi connectivity index (χ1n) is 5.71. The maximum atomic E-state index is 5.53. The fourth-order valence-electron chi connectivity index (χ4n) is 1.94. The highest BCUT2D eigenvalue weighted by Crippen LogP contribution is 2.20. The molecular formula is C15H16N2. The van der Waals surface area contributed by atoms with Gasteiger partial charge in [-0.1, -0.05) is 67.6 Å². The summed E-state index contributed by atoms with van der Waals surface area (Å²) in [5, 5.41) is 3.95. The Hall–Kier alpha value is -2.09. The Morgan fingerprint density at radius 1 is 0.941 bits per heavy atom. The maximum absolute atomic E-state index is 5.53. The molecule has 17 heavy (non-hydrogen) atoms. The van der Waals surface area contributed by atoms with Gasteiger partial charge in [0.25, 0.3) is 0 Å². The van der Waals surface area contributed by atoms with Crippen LogP contribution in [0.15, 0.2) is 65.8 Å². The van der Waals surface area contributed by atoms with Gasteiger partial charge in [-0.15, -0.1) is 0 Å². The number of hydrazone groups is 1. The molecule has 0 amide bonds. The van der Waals surface area contributed by atoms with Gasteiger partial charge in [-0.3, -0.25) is 0 Å². The zero-order valence-electron chi connectivity index (χ0n) is 9.88. The summed E-state index contributed by atoms with van der Waals surface area (Å²) >= 11 is 0. The van der Waals surface area contributed by atoms with Crippen LogP contribution < -0.4 is 5.84 Å². The van der Waals surface area contributed by atoms with E-state index in [4.69, 9.17) is 5.84 Å². The minimum absolute atomic E-state index is 0.198. The second-order valence-electron chi connectivity index (χ2n) is 4.01. The normalized spacial score (nSPS) is 13.4. The van der Waals surface area contributed by atoms with Crippen LogP contribution in [0.5, 0.6) is 0 Å². The van der Waals surface area contributed by atoms with Crippen molar-refractivity contribution in [2.75, 3.05) is 0 Å². The van der Waals surface area contributed by atoms with Crippen LogP contribution in [0.2, 0.25) is 0 Å². The highest BCUT2D eigenvalue weighted by atomic mass is 15.1. The van der Waals surface area contributed by atoms with Gasteiger partial charge >= 0.3 is 0 Å². The van der Waals surface area contributed by atoms with Crippen molar-refractivity contribution in [1.29, 1.82) is 0 Å². The maximum Gasteiger partial charge on any atom is 0.0744 e. The van der Waals surface area contributed by atoms with Crippen LogP contribution in [-0.4, -0.2) is 5.71 Å². The molecule has 2 heteroatoms. The van der Waals surface area contributed by atoms with E-state index in [1.807, 2.05) is 48.5 Å². The summed E-state index contributed by atoms with van der Waals surface area (Å²) in [6, 6.07) is 20.3. The first kappa shape index (κ1) is 11.4. The van der Waals surface area contributed by atoms with Crippen molar-refractivity contribution >= 4 is 5.71 Å². The minimum atomic E-state index is 0.198. The van der Waals surface area contributed by atoms with Crippen LogP contribution in [0.3, 0.4) is 0 Å². The summed E-state index contributed by atoms with van der Waals surface area (Å²) in [4.78, 5) is 0. The molecule has 0 spiro atoms. The summed E-state index contributed by atoms with van der Waals surface area (Å²) in [6.45, 7) is 2.12. The largest absolute Gasteiger partial charge is 0.323 e. The fourth-order valence-corrected chi connectivity index (χ4v) is 1.94. The van der Waals surface area contributed by atoms with Crippen molar-refractivity contribution in [1.82, 2.24) is 0 Å². The van der Waals surface area contributed by atoms with E-state index in [1.54, 1.807) is 0 Å². The summed E-state index contributed by atoms with van der Waals surface area (Å²) in [5.41, 5.74) is 3.21. The van der Waals surface area contributed by atoms with E-state index in [0.717, 1.165) is 11.3 Å². The van der Waals surface area contributed by atoms with E-state index < -0.39 is 0 Å². The average molecular weight is 224 g/mol. The number of hydrogen-bond donors (Lipinski definition) is 1. The van der Waals surface area contributed by atoms with E-state index in [0.29, 0.717) is 0 Å². The van der Waals surface area contributed by atoms with E-state index in [9.17, 15) is 0 Å². The topological polar surface area (TPSA) is 38.4 Å². The molecule has 0 bridgehead atoms. The molecule has 2 aromatic carbocycles. The van der Waals surface area contributed by atoms with Gasteiger partial charge in [0.05, 0.1) is 5.71 Å². The quantitative estimate of drug-likeness (QED) is 0.485. The molecular weight excluding hydrogens is 208 g/mol. The lowest BCUT2D eigenvalue weighted by Crippen LogP contribution is -2.13. The average Bonchev–Trinajstić information content (AvgIpc) is 2.42. The highest BCUT2D eigenvalue weighted by molar-refractivity contribution is 6.04.